The highest BCUT2D eigenvalue weighted by Crippen LogP contribution is 2.56. The Kier molecular flexibility index (Phi) is 4.56. The van der Waals surface area contributed by atoms with Crippen LogP contribution in [-0.2, 0) is 9.53 Å². The SMILES string of the molecule is O=C(/C=C/c1ccccc1OC(F)(F)F)N1C(=O)OC2(CC2)[C@@H]1c1ccccc1. The molecule has 0 unspecified atom stereocenters. The molecule has 0 N–H and O–H groups in total. The Balaban J connectivity index is 1.61. The van der Waals surface area contributed by atoms with Crippen LogP contribution < -0.4 is 4.74 Å². The Hall–Kier alpha value is -3.29. The predicted octanol–water partition coefficient (Wildman–Crippen LogP) is 4.85. The molecule has 1 atom stereocenters. The number of carbonyl (C=O) groups is 2. The molecule has 29 heavy (non-hydrogen) atoms. The maximum Gasteiger partial charge on any atom is 0.573 e. The van der Waals surface area contributed by atoms with Crippen molar-refractivity contribution in [1.82, 2.24) is 4.90 Å². The summed E-state index contributed by atoms with van der Waals surface area (Å²) in [6, 6.07) is 13.9. The lowest BCUT2D eigenvalue weighted by molar-refractivity contribution is -0.274. The third-order valence-electron chi connectivity index (χ3n) is 4.89. The molecule has 1 saturated carbocycles. The van der Waals surface area contributed by atoms with Gasteiger partial charge in [-0.3, -0.25) is 4.79 Å². The molecule has 1 aliphatic carbocycles. The topological polar surface area (TPSA) is 55.8 Å². The first kappa shape index (κ1) is 19.0. The molecule has 2 aromatic carbocycles. The molecule has 5 nitrogen and oxygen atoms in total. The van der Waals surface area contributed by atoms with Crippen LogP contribution in [0.5, 0.6) is 5.75 Å². The fraction of sp³-hybridized carbons (Fsp3) is 0.238. The quantitative estimate of drug-likeness (QED) is 0.685. The summed E-state index contributed by atoms with van der Waals surface area (Å²) in [5.74, 6) is -1.11. The van der Waals surface area contributed by atoms with Crippen LogP contribution >= 0.6 is 0 Å². The van der Waals surface area contributed by atoms with Crippen LogP contribution in [-0.4, -0.2) is 28.9 Å². The van der Waals surface area contributed by atoms with E-state index in [2.05, 4.69) is 4.74 Å². The smallest absolute Gasteiger partial charge is 0.440 e. The fourth-order valence-electron chi connectivity index (χ4n) is 3.50. The van der Waals surface area contributed by atoms with E-state index in [1.54, 1.807) is 12.1 Å². The molecule has 0 bridgehead atoms. The minimum absolute atomic E-state index is 0.0585. The van der Waals surface area contributed by atoms with E-state index < -0.39 is 35.8 Å². The fourth-order valence-corrected chi connectivity index (χ4v) is 3.50. The highest BCUT2D eigenvalue weighted by atomic mass is 19.4. The van der Waals surface area contributed by atoms with E-state index >= 15 is 0 Å². The Morgan fingerprint density at radius 3 is 2.41 bits per heavy atom. The number of para-hydroxylation sites is 1. The monoisotopic (exact) mass is 403 g/mol. The molecule has 2 aromatic rings. The molecular formula is C21H16F3NO4. The second-order valence-electron chi connectivity index (χ2n) is 6.87. The number of carbonyl (C=O) groups excluding carboxylic acids is 2. The van der Waals surface area contributed by atoms with E-state index in [0.29, 0.717) is 12.8 Å². The van der Waals surface area contributed by atoms with Crippen molar-refractivity contribution in [2.45, 2.75) is 30.8 Å². The van der Waals surface area contributed by atoms with Crippen molar-refractivity contribution in [2.24, 2.45) is 0 Å². The third kappa shape index (κ3) is 3.83. The molecule has 150 valence electrons. The van der Waals surface area contributed by atoms with Crippen LogP contribution in [0.1, 0.15) is 30.0 Å². The molecule has 0 radical (unpaired) electrons. The van der Waals surface area contributed by atoms with E-state index in [4.69, 9.17) is 4.74 Å². The average Bonchev–Trinajstić information content (AvgIpc) is 3.37. The van der Waals surface area contributed by atoms with Crippen LogP contribution in [0.3, 0.4) is 0 Å². The summed E-state index contributed by atoms with van der Waals surface area (Å²) in [6.07, 6.45) is -2.08. The first-order chi connectivity index (χ1) is 13.8. The first-order valence-corrected chi connectivity index (χ1v) is 8.93. The number of alkyl halides is 3. The van der Waals surface area contributed by atoms with Crippen molar-refractivity contribution >= 4 is 18.1 Å². The third-order valence-corrected chi connectivity index (χ3v) is 4.89. The summed E-state index contributed by atoms with van der Waals surface area (Å²) in [6.45, 7) is 0. The number of halogens is 3. The maximum absolute atomic E-state index is 12.8. The molecule has 1 saturated heterocycles. The zero-order valence-electron chi connectivity index (χ0n) is 15.1. The molecule has 2 aliphatic rings. The van der Waals surface area contributed by atoms with E-state index in [0.717, 1.165) is 22.6 Å². The van der Waals surface area contributed by atoms with Gasteiger partial charge in [-0.15, -0.1) is 13.2 Å². The van der Waals surface area contributed by atoms with Crippen molar-refractivity contribution in [1.29, 1.82) is 0 Å². The lowest BCUT2D eigenvalue weighted by atomic mass is 9.99. The molecule has 2 fully saturated rings. The number of hydrogen-bond acceptors (Lipinski definition) is 4. The molecule has 8 heteroatoms. The minimum atomic E-state index is -4.86. The van der Waals surface area contributed by atoms with Crippen LogP contribution in [0.4, 0.5) is 18.0 Å². The molecule has 1 aliphatic heterocycles. The Labute approximate surface area is 164 Å². The van der Waals surface area contributed by atoms with Gasteiger partial charge in [0.15, 0.2) is 0 Å². The van der Waals surface area contributed by atoms with Gasteiger partial charge in [0.25, 0.3) is 5.91 Å². The summed E-state index contributed by atoms with van der Waals surface area (Å²) in [4.78, 5) is 26.2. The van der Waals surface area contributed by atoms with Gasteiger partial charge in [-0.25, -0.2) is 9.69 Å². The van der Waals surface area contributed by atoms with E-state index in [-0.39, 0.29) is 5.56 Å². The Morgan fingerprint density at radius 1 is 1.10 bits per heavy atom. The summed E-state index contributed by atoms with van der Waals surface area (Å²) in [5.41, 5.74) is 0.0979. The lowest BCUT2D eigenvalue weighted by Crippen LogP contribution is -2.34. The van der Waals surface area contributed by atoms with Gasteiger partial charge in [0.1, 0.15) is 17.4 Å². The van der Waals surface area contributed by atoms with E-state index in [1.165, 1.54) is 24.3 Å². The Morgan fingerprint density at radius 2 is 1.76 bits per heavy atom. The maximum atomic E-state index is 12.8. The largest absolute Gasteiger partial charge is 0.573 e. The highest BCUT2D eigenvalue weighted by molar-refractivity contribution is 6.02. The van der Waals surface area contributed by atoms with Gasteiger partial charge >= 0.3 is 12.5 Å². The van der Waals surface area contributed by atoms with Gasteiger partial charge in [-0.1, -0.05) is 48.5 Å². The van der Waals surface area contributed by atoms with Crippen LogP contribution in [0.15, 0.2) is 60.7 Å². The summed E-state index contributed by atoms with van der Waals surface area (Å²) < 4.78 is 47.1. The molecule has 1 spiro atoms. The standard InChI is InChI=1S/C21H16F3NO4/c22-21(23,24)28-16-9-5-4-6-14(16)10-11-17(26)25-18(15-7-2-1-3-8-15)20(12-13-20)29-19(25)27/h1-11,18H,12-13H2/b11-10+/t18-/m0/s1. The number of amides is 2. The second kappa shape index (κ2) is 6.95. The van der Waals surface area contributed by atoms with Crippen molar-refractivity contribution in [2.75, 3.05) is 0 Å². The van der Waals surface area contributed by atoms with Gasteiger partial charge in [0.2, 0.25) is 0 Å². The summed E-state index contributed by atoms with van der Waals surface area (Å²) in [5, 5.41) is 0. The second-order valence-corrected chi connectivity index (χ2v) is 6.87. The molecule has 4 rings (SSSR count). The normalized spacial score (nSPS) is 20.2. The zero-order valence-corrected chi connectivity index (χ0v) is 15.1. The number of ether oxygens (including phenoxy) is 2. The van der Waals surface area contributed by atoms with Gasteiger partial charge in [-0.2, -0.15) is 0 Å². The summed E-state index contributed by atoms with van der Waals surface area (Å²) in [7, 11) is 0. The van der Waals surface area contributed by atoms with E-state index in [9.17, 15) is 22.8 Å². The number of rotatable bonds is 4. The van der Waals surface area contributed by atoms with Crippen molar-refractivity contribution in [3.8, 4) is 5.75 Å². The number of imide groups is 1. The van der Waals surface area contributed by atoms with Crippen molar-refractivity contribution < 1.29 is 32.2 Å². The Bertz CT molecular complexity index is 967. The van der Waals surface area contributed by atoms with Gasteiger partial charge < -0.3 is 9.47 Å². The van der Waals surface area contributed by atoms with Gasteiger partial charge in [0.05, 0.1) is 0 Å². The molecule has 1 heterocycles. The number of nitrogens with zero attached hydrogens (tertiary/aromatic N) is 1. The number of hydrogen-bond donors (Lipinski definition) is 0. The zero-order chi connectivity index (χ0) is 20.6. The van der Waals surface area contributed by atoms with Crippen molar-refractivity contribution in [3.63, 3.8) is 0 Å². The molecule has 2 amide bonds. The minimum Gasteiger partial charge on any atom is -0.440 e. The van der Waals surface area contributed by atoms with Gasteiger partial charge in [-0.05, 0) is 30.5 Å². The summed E-state index contributed by atoms with van der Waals surface area (Å²) >= 11 is 0. The van der Waals surface area contributed by atoms with Crippen LogP contribution in [0.2, 0.25) is 0 Å². The number of benzene rings is 2. The van der Waals surface area contributed by atoms with Crippen LogP contribution in [0, 0.1) is 0 Å². The molecule has 0 aromatic heterocycles. The predicted molar refractivity (Wildman–Crippen MR) is 96.6 cm³/mol. The van der Waals surface area contributed by atoms with Gasteiger partial charge in [0, 0.05) is 11.6 Å². The lowest BCUT2D eigenvalue weighted by Gasteiger charge is -2.22. The van der Waals surface area contributed by atoms with E-state index in [1.807, 2.05) is 18.2 Å². The molecular weight excluding hydrogens is 387 g/mol. The highest BCUT2D eigenvalue weighted by Gasteiger charge is 2.63. The van der Waals surface area contributed by atoms with Crippen molar-refractivity contribution in [3.05, 3.63) is 71.8 Å². The first-order valence-electron chi connectivity index (χ1n) is 8.93. The average molecular weight is 403 g/mol. The van der Waals surface area contributed by atoms with Crippen LogP contribution in [0.25, 0.3) is 6.08 Å².